The van der Waals surface area contributed by atoms with Crippen LogP contribution < -0.4 is 16.0 Å². The van der Waals surface area contributed by atoms with E-state index in [-0.39, 0.29) is 11.9 Å². The summed E-state index contributed by atoms with van der Waals surface area (Å²) >= 11 is 0. The molecule has 10 heteroatoms. The number of nitrogens with one attached hydrogen (secondary N) is 4. The highest BCUT2D eigenvalue weighted by Gasteiger charge is 2.24. The third kappa shape index (κ3) is 6.22. The molecule has 0 saturated heterocycles. The maximum atomic E-state index is 12.5. The fraction of sp³-hybridized carbons (Fsp3) is 0.455. The van der Waals surface area contributed by atoms with Gasteiger partial charge in [-0.1, -0.05) is 6.42 Å². The molecule has 0 radical (unpaired) electrons. The highest BCUT2D eigenvalue weighted by Crippen LogP contribution is 2.32. The van der Waals surface area contributed by atoms with Crippen molar-refractivity contribution >= 4 is 29.5 Å². The van der Waals surface area contributed by atoms with E-state index in [1.54, 1.807) is 45.2 Å². The van der Waals surface area contributed by atoms with Crippen molar-refractivity contribution in [2.45, 2.75) is 58.1 Å². The van der Waals surface area contributed by atoms with Crippen molar-refractivity contribution in [1.82, 2.24) is 15.3 Å². The number of methoxy groups -OCH3 is 1. The summed E-state index contributed by atoms with van der Waals surface area (Å²) in [5.41, 5.74) is 1.64. The van der Waals surface area contributed by atoms with Crippen LogP contribution in [0.15, 0.2) is 24.4 Å². The minimum Gasteiger partial charge on any atom is -0.453 e. The fourth-order valence-corrected chi connectivity index (χ4v) is 3.34. The summed E-state index contributed by atoms with van der Waals surface area (Å²) < 4.78 is 10.0. The van der Waals surface area contributed by atoms with Crippen molar-refractivity contribution in [3.05, 3.63) is 30.2 Å². The lowest BCUT2D eigenvalue weighted by Crippen LogP contribution is -2.35. The van der Waals surface area contributed by atoms with Crippen LogP contribution in [-0.4, -0.2) is 40.8 Å². The SMILES string of the molecule is COC(=O)Nc1ccc2c(c1)NC(=O)CCCC[C@H](NC(=O)OC(C)(C)C)c1nc-2c[nH]1. The molecule has 1 aromatic heterocycles. The number of aromatic nitrogens is 2. The van der Waals surface area contributed by atoms with E-state index in [1.165, 1.54) is 7.11 Å². The van der Waals surface area contributed by atoms with E-state index in [0.717, 1.165) is 0 Å². The zero-order chi connectivity index (χ0) is 23.3. The number of anilines is 2. The number of alkyl carbamates (subject to hydrolysis) is 1. The molecule has 2 bridgehead atoms. The number of hydrogen-bond donors (Lipinski definition) is 4. The van der Waals surface area contributed by atoms with Crippen molar-refractivity contribution in [3.8, 4) is 11.3 Å². The number of H-pyrrole nitrogens is 1. The van der Waals surface area contributed by atoms with Crippen molar-refractivity contribution < 1.29 is 23.9 Å². The third-order valence-corrected chi connectivity index (χ3v) is 4.77. The molecule has 172 valence electrons. The van der Waals surface area contributed by atoms with Crippen LogP contribution in [0.3, 0.4) is 0 Å². The Bertz CT molecular complexity index is 995. The van der Waals surface area contributed by atoms with Crippen LogP contribution >= 0.6 is 0 Å². The molecule has 0 fully saturated rings. The van der Waals surface area contributed by atoms with Gasteiger partial charge in [0.2, 0.25) is 5.91 Å². The van der Waals surface area contributed by atoms with Crippen molar-refractivity contribution in [2.24, 2.45) is 0 Å². The number of benzene rings is 1. The van der Waals surface area contributed by atoms with Gasteiger partial charge in [-0.2, -0.15) is 0 Å². The van der Waals surface area contributed by atoms with E-state index in [2.05, 4.69) is 30.7 Å². The summed E-state index contributed by atoms with van der Waals surface area (Å²) in [5.74, 6) is 0.454. The van der Waals surface area contributed by atoms with Gasteiger partial charge in [0.05, 0.1) is 24.5 Å². The predicted octanol–water partition coefficient (Wildman–Crippen LogP) is 4.33. The molecule has 0 aliphatic carbocycles. The monoisotopic (exact) mass is 443 g/mol. The van der Waals surface area contributed by atoms with E-state index in [0.29, 0.717) is 54.1 Å². The highest BCUT2D eigenvalue weighted by atomic mass is 16.6. The van der Waals surface area contributed by atoms with E-state index >= 15 is 0 Å². The van der Waals surface area contributed by atoms with Crippen molar-refractivity contribution in [2.75, 3.05) is 17.7 Å². The summed E-state index contributed by atoms with van der Waals surface area (Å²) in [6, 6.07) is 4.71. The molecule has 1 atom stereocenters. The van der Waals surface area contributed by atoms with Gasteiger partial charge in [-0.3, -0.25) is 10.1 Å². The molecule has 32 heavy (non-hydrogen) atoms. The topological polar surface area (TPSA) is 134 Å². The van der Waals surface area contributed by atoms with Gasteiger partial charge in [-0.15, -0.1) is 0 Å². The molecule has 1 aliphatic heterocycles. The van der Waals surface area contributed by atoms with E-state index in [4.69, 9.17) is 4.74 Å². The van der Waals surface area contributed by atoms with Gasteiger partial charge in [-0.25, -0.2) is 14.6 Å². The first kappa shape index (κ1) is 23.1. The quantitative estimate of drug-likeness (QED) is 0.546. The van der Waals surface area contributed by atoms with Gasteiger partial charge in [0.25, 0.3) is 0 Å². The van der Waals surface area contributed by atoms with Crippen molar-refractivity contribution in [1.29, 1.82) is 0 Å². The first-order chi connectivity index (χ1) is 15.1. The van der Waals surface area contributed by atoms with Gasteiger partial charge in [0.15, 0.2) is 0 Å². The van der Waals surface area contributed by atoms with E-state index in [9.17, 15) is 14.4 Å². The molecule has 1 aliphatic rings. The molecule has 4 N–H and O–H groups in total. The lowest BCUT2D eigenvalue weighted by atomic mass is 10.1. The zero-order valence-electron chi connectivity index (χ0n) is 18.7. The molecule has 0 spiro atoms. The van der Waals surface area contributed by atoms with Gasteiger partial charge in [0, 0.05) is 23.9 Å². The smallest absolute Gasteiger partial charge is 0.411 e. The van der Waals surface area contributed by atoms with Crippen LogP contribution in [0.1, 0.15) is 58.3 Å². The number of fused-ring (bicyclic) bond motifs is 4. The summed E-state index contributed by atoms with van der Waals surface area (Å²) in [7, 11) is 1.28. The first-order valence-corrected chi connectivity index (χ1v) is 10.5. The summed E-state index contributed by atoms with van der Waals surface area (Å²) in [6.45, 7) is 5.41. The standard InChI is InChI=1S/C22H29N5O5/c1-22(2,3)32-21(30)27-15-7-5-6-8-18(28)25-16-11-13(24-20(29)31-4)9-10-14(16)17-12-23-19(15)26-17/h9-12,15H,5-8H2,1-4H3,(H,23,26)(H,24,29)(H,25,28)(H,27,30)/t15-/m0/s1. The molecule has 10 nitrogen and oxygen atoms in total. The minimum absolute atomic E-state index is 0.144. The van der Waals surface area contributed by atoms with Crippen LogP contribution in [0, 0.1) is 0 Å². The third-order valence-electron chi connectivity index (χ3n) is 4.77. The molecule has 0 unspecified atom stereocenters. The zero-order valence-corrected chi connectivity index (χ0v) is 18.7. The number of aromatic amines is 1. The first-order valence-electron chi connectivity index (χ1n) is 10.5. The Balaban J connectivity index is 1.92. The number of nitrogens with zero attached hydrogens (tertiary/aromatic N) is 1. The Labute approximate surface area is 186 Å². The molecule has 2 heterocycles. The number of ether oxygens (including phenoxy) is 2. The maximum absolute atomic E-state index is 12.5. The molecule has 3 rings (SSSR count). The Kier molecular flexibility index (Phi) is 7.01. The molecular weight excluding hydrogens is 414 g/mol. The Hall–Kier alpha value is -3.56. The van der Waals surface area contributed by atoms with E-state index < -0.39 is 17.8 Å². The normalized spacial score (nSPS) is 16.5. The van der Waals surface area contributed by atoms with Crippen molar-refractivity contribution in [3.63, 3.8) is 0 Å². The number of hydrogen-bond acceptors (Lipinski definition) is 6. The largest absolute Gasteiger partial charge is 0.453 e. The summed E-state index contributed by atoms with van der Waals surface area (Å²) in [6.07, 6.45) is 2.87. The number of amides is 3. The Morgan fingerprint density at radius 3 is 2.69 bits per heavy atom. The number of carbonyl (C=O) groups is 3. The maximum Gasteiger partial charge on any atom is 0.411 e. The number of carbonyl (C=O) groups excluding carboxylic acids is 3. The molecule has 3 amide bonds. The fourth-order valence-electron chi connectivity index (χ4n) is 3.34. The molecule has 1 aromatic carbocycles. The second-order valence-corrected chi connectivity index (χ2v) is 8.54. The minimum atomic E-state index is -0.614. The van der Waals surface area contributed by atoms with Gasteiger partial charge >= 0.3 is 12.2 Å². The van der Waals surface area contributed by atoms with E-state index in [1.807, 2.05) is 0 Å². The van der Waals surface area contributed by atoms with Crippen LogP contribution in [-0.2, 0) is 14.3 Å². The molecule has 2 aromatic rings. The van der Waals surface area contributed by atoms with Crippen LogP contribution in [0.4, 0.5) is 21.0 Å². The Morgan fingerprint density at radius 2 is 1.97 bits per heavy atom. The lowest BCUT2D eigenvalue weighted by molar-refractivity contribution is -0.116. The van der Waals surface area contributed by atoms with Gasteiger partial charge < -0.3 is 25.1 Å². The second kappa shape index (κ2) is 9.71. The average molecular weight is 444 g/mol. The van der Waals surface area contributed by atoms with Crippen LogP contribution in [0.2, 0.25) is 0 Å². The molecular formula is C22H29N5O5. The van der Waals surface area contributed by atoms with Crippen LogP contribution in [0.5, 0.6) is 0 Å². The second-order valence-electron chi connectivity index (χ2n) is 8.54. The summed E-state index contributed by atoms with van der Waals surface area (Å²) in [4.78, 5) is 44.2. The number of rotatable bonds is 2. The number of imidazole rings is 1. The predicted molar refractivity (Wildman–Crippen MR) is 119 cm³/mol. The van der Waals surface area contributed by atoms with Gasteiger partial charge in [-0.05, 0) is 51.8 Å². The highest BCUT2D eigenvalue weighted by molar-refractivity contribution is 5.97. The Morgan fingerprint density at radius 1 is 1.19 bits per heavy atom. The van der Waals surface area contributed by atoms with Gasteiger partial charge in [0.1, 0.15) is 11.4 Å². The summed E-state index contributed by atoms with van der Waals surface area (Å²) in [5, 5.41) is 8.37. The molecule has 0 saturated carbocycles. The average Bonchev–Trinajstić information content (AvgIpc) is 3.18. The van der Waals surface area contributed by atoms with Crippen LogP contribution in [0.25, 0.3) is 11.3 Å². The lowest BCUT2D eigenvalue weighted by Gasteiger charge is -2.23.